The molecule has 0 saturated heterocycles. The SMILES string of the molecule is CC1CCC(N)(CCc2ccccc2)C1. The van der Waals surface area contributed by atoms with Gasteiger partial charge in [0, 0.05) is 5.54 Å². The normalized spacial score (nSPS) is 30.7. The van der Waals surface area contributed by atoms with Crippen molar-refractivity contribution in [3.05, 3.63) is 35.9 Å². The first-order chi connectivity index (χ1) is 7.18. The fourth-order valence-corrected chi connectivity index (χ4v) is 2.70. The van der Waals surface area contributed by atoms with Crippen molar-refractivity contribution >= 4 is 0 Å². The number of hydrogen-bond acceptors (Lipinski definition) is 1. The fourth-order valence-electron chi connectivity index (χ4n) is 2.70. The van der Waals surface area contributed by atoms with Gasteiger partial charge in [-0.2, -0.15) is 0 Å². The summed E-state index contributed by atoms with van der Waals surface area (Å²) >= 11 is 0. The molecule has 2 atom stereocenters. The molecule has 2 N–H and O–H groups in total. The maximum Gasteiger partial charge on any atom is 0.0160 e. The van der Waals surface area contributed by atoms with Crippen molar-refractivity contribution in [3.63, 3.8) is 0 Å². The second-order valence-electron chi connectivity index (χ2n) is 5.20. The first-order valence-corrected chi connectivity index (χ1v) is 6.01. The zero-order chi connectivity index (χ0) is 10.7. The van der Waals surface area contributed by atoms with Gasteiger partial charge in [0.15, 0.2) is 0 Å². The predicted molar refractivity (Wildman–Crippen MR) is 64.7 cm³/mol. The van der Waals surface area contributed by atoms with Crippen LogP contribution in [-0.2, 0) is 6.42 Å². The average molecular weight is 203 g/mol. The van der Waals surface area contributed by atoms with Crippen LogP contribution >= 0.6 is 0 Å². The van der Waals surface area contributed by atoms with Gasteiger partial charge < -0.3 is 5.73 Å². The summed E-state index contributed by atoms with van der Waals surface area (Å²) in [6.45, 7) is 2.32. The molecule has 15 heavy (non-hydrogen) atoms. The number of hydrogen-bond donors (Lipinski definition) is 1. The minimum absolute atomic E-state index is 0.120. The van der Waals surface area contributed by atoms with Crippen molar-refractivity contribution in [2.24, 2.45) is 11.7 Å². The highest BCUT2D eigenvalue weighted by molar-refractivity contribution is 5.15. The second-order valence-corrected chi connectivity index (χ2v) is 5.20. The van der Waals surface area contributed by atoms with Crippen molar-refractivity contribution in [2.75, 3.05) is 0 Å². The van der Waals surface area contributed by atoms with Crippen molar-refractivity contribution in [1.82, 2.24) is 0 Å². The molecule has 1 aromatic rings. The lowest BCUT2D eigenvalue weighted by molar-refractivity contribution is 0.392. The van der Waals surface area contributed by atoms with Gasteiger partial charge in [-0.15, -0.1) is 0 Å². The molecular weight excluding hydrogens is 182 g/mol. The molecule has 0 bridgehead atoms. The van der Waals surface area contributed by atoms with E-state index in [9.17, 15) is 0 Å². The Morgan fingerprint density at radius 3 is 2.67 bits per heavy atom. The molecule has 1 heteroatoms. The fraction of sp³-hybridized carbons (Fsp3) is 0.571. The van der Waals surface area contributed by atoms with Gasteiger partial charge in [-0.05, 0) is 43.6 Å². The minimum Gasteiger partial charge on any atom is -0.325 e. The molecule has 82 valence electrons. The van der Waals surface area contributed by atoms with E-state index in [2.05, 4.69) is 37.3 Å². The Labute approximate surface area is 92.7 Å². The molecule has 1 aliphatic rings. The number of rotatable bonds is 3. The lowest BCUT2D eigenvalue weighted by Crippen LogP contribution is -2.37. The van der Waals surface area contributed by atoms with E-state index in [0.717, 1.165) is 18.8 Å². The smallest absolute Gasteiger partial charge is 0.0160 e. The number of aryl methyl sites for hydroxylation is 1. The lowest BCUT2D eigenvalue weighted by atomic mass is 9.90. The summed E-state index contributed by atoms with van der Waals surface area (Å²) in [6.07, 6.45) is 6.00. The van der Waals surface area contributed by atoms with E-state index >= 15 is 0 Å². The van der Waals surface area contributed by atoms with Crippen molar-refractivity contribution in [2.45, 2.75) is 44.6 Å². The van der Waals surface area contributed by atoms with Crippen LogP contribution in [0.25, 0.3) is 0 Å². The molecule has 1 nitrogen and oxygen atoms in total. The van der Waals surface area contributed by atoms with E-state index in [1.54, 1.807) is 0 Å². The molecule has 1 aromatic carbocycles. The molecule has 0 heterocycles. The van der Waals surface area contributed by atoms with Crippen molar-refractivity contribution < 1.29 is 0 Å². The summed E-state index contributed by atoms with van der Waals surface area (Å²) in [7, 11) is 0. The second kappa shape index (κ2) is 4.36. The lowest BCUT2D eigenvalue weighted by Gasteiger charge is -2.23. The van der Waals surface area contributed by atoms with Crippen LogP contribution in [0.4, 0.5) is 0 Å². The third-order valence-electron chi connectivity index (χ3n) is 3.64. The Morgan fingerprint density at radius 1 is 1.33 bits per heavy atom. The summed E-state index contributed by atoms with van der Waals surface area (Å²) in [4.78, 5) is 0. The summed E-state index contributed by atoms with van der Waals surface area (Å²) in [5, 5.41) is 0. The van der Waals surface area contributed by atoms with E-state index in [4.69, 9.17) is 5.73 Å². The van der Waals surface area contributed by atoms with E-state index in [1.165, 1.54) is 24.8 Å². The third kappa shape index (κ3) is 2.82. The Kier molecular flexibility index (Phi) is 3.11. The standard InChI is InChI=1S/C14H21N/c1-12-7-9-14(15,11-12)10-8-13-5-3-2-4-6-13/h2-6,12H,7-11,15H2,1H3. The largest absolute Gasteiger partial charge is 0.325 e. The summed E-state index contributed by atoms with van der Waals surface area (Å²) in [6, 6.07) is 10.7. The third-order valence-corrected chi connectivity index (χ3v) is 3.64. The summed E-state index contributed by atoms with van der Waals surface area (Å²) < 4.78 is 0. The molecule has 1 saturated carbocycles. The molecule has 2 unspecified atom stereocenters. The van der Waals surface area contributed by atoms with Gasteiger partial charge in [-0.1, -0.05) is 37.3 Å². The molecule has 0 aromatic heterocycles. The molecular formula is C14H21N. The van der Waals surface area contributed by atoms with Crippen LogP contribution in [-0.4, -0.2) is 5.54 Å². The summed E-state index contributed by atoms with van der Waals surface area (Å²) in [5.41, 5.74) is 7.94. The Morgan fingerprint density at radius 2 is 2.07 bits per heavy atom. The van der Waals surface area contributed by atoms with E-state index in [0.29, 0.717) is 0 Å². The van der Waals surface area contributed by atoms with Gasteiger partial charge in [-0.3, -0.25) is 0 Å². The van der Waals surface area contributed by atoms with Gasteiger partial charge in [0.2, 0.25) is 0 Å². The van der Waals surface area contributed by atoms with Gasteiger partial charge in [0.25, 0.3) is 0 Å². The van der Waals surface area contributed by atoms with Gasteiger partial charge >= 0.3 is 0 Å². The number of nitrogens with two attached hydrogens (primary N) is 1. The van der Waals surface area contributed by atoms with Crippen molar-refractivity contribution in [1.29, 1.82) is 0 Å². The van der Waals surface area contributed by atoms with Crippen LogP contribution in [0.3, 0.4) is 0 Å². The van der Waals surface area contributed by atoms with Crippen LogP contribution in [0.2, 0.25) is 0 Å². The van der Waals surface area contributed by atoms with E-state index in [-0.39, 0.29) is 5.54 Å². The zero-order valence-electron chi connectivity index (χ0n) is 9.58. The number of benzene rings is 1. The molecule has 1 fully saturated rings. The van der Waals surface area contributed by atoms with Crippen LogP contribution in [0, 0.1) is 5.92 Å². The van der Waals surface area contributed by atoms with Crippen molar-refractivity contribution in [3.8, 4) is 0 Å². The first kappa shape index (κ1) is 10.7. The van der Waals surface area contributed by atoms with Gasteiger partial charge in [0.05, 0.1) is 0 Å². The molecule has 0 spiro atoms. The van der Waals surface area contributed by atoms with Crippen LogP contribution in [0.5, 0.6) is 0 Å². The zero-order valence-corrected chi connectivity index (χ0v) is 9.58. The molecule has 0 aliphatic heterocycles. The molecule has 0 amide bonds. The topological polar surface area (TPSA) is 26.0 Å². The highest BCUT2D eigenvalue weighted by Crippen LogP contribution is 2.35. The molecule has 0 radical (unpaired) electrons. The minimum atomic E-state index is 0.120. The van der Waals surface area contributed by atoms with E-state index < -0.39 is 0 Å². The van der Waals surface area contributed by atoms with Gasteiger partial charge in [0.1, 0.15) is 0 Å². The quantitative estimate of drug-likeness (QED) is 0.802. The highest BCUT2D eigenvalue weighted by atomic mass is 14.8. The average Bonchev–Trinajstić information content (AvgIpc) is 2.58. The maximum absolute atomic E-state index is 6.40. The summed E-state index contributed by atoms with van der Waals surface area (Å²) in [5.74, 6) is 0.825. The van der Waals surface area contributed by atoms with E-state index in [1.807, 2.05) is 0 Å². The Hall–Kier alpha value is -0.820. The van der Waals surface area contributed by atoms with Crippen LogP contribution in [0.1, 0.15) is 38.2 Å². The van der Waals surface area contributed by atoms with Crippen LogP contribution < -0.4 is 5.73 Å². The maximum atomic E-state index is 6.40. The molecule has 2 rings (SSSR count). The Balaban J connectivity index is 1.88. The first-order valence-electron chi connectivity index (χ1n) is 6.01. The highest BCUT2D eigenvalue weighted by Gasteiger charge is 2.32. The predicted octanol–water partition coefficient (Wildman–Crippen LogP) is 3.14. The van der Waals surface area contributed by atoms with Crippen LogP contribution in [0.15, 0.2) is 30.3 Å². The Bertz CT molecular complexity index is 306. The monoisotopic (exact) mass is 203 g/mol. The molecule has 1 aliphatic carbocycles. The van der Waals surface area contributed by atoms with Gasteiger partial charge in [-0.25, -0.2) is 0 Å².